The molecule has 2 aromatic rings. The summed E-state index contributed by atoms with van der Waals surface area (Å²) in [6.45, 7) is 4.58. The summed E-state index contributed by atoms with van der Waals surface area (Å²) in [5.41, 5.74) is 5.77. The second-order valence-electron chi connectivity index (χ2n) is 10.1. The molecule has 31 heavy (non-hydrogen) atoms. The molecule has 0 saturated heterocycles. The zero-order valence-electron chi connectivity index (χ0n) is 20.4. The molecular formula is C31H46. The Bertz CT molecular complexity index is 701. The molecule has 1 aliphatic rings. The van der Waals surface area contributed by atoms with Crippen LogP contribution in [0.4, 0.5) is 0 Å². The number of benzene rings is 2. The largest absolute Gasteiger partial charge is 0.0654 e. The highest BCUT2D eigenvalue weighted by molar-refractivity contribution is 5.64. The van der Waals surface area contributed by atoms with E-state index in [9.17, 15) is 0 Å². The van der Waals surface area contributed by atoms with Crippen molar-refractivity contribution in [2.45, 2.75) is 116 Å². The number of unbranched alkanes of at least 4 members (excludes halogenated alkanes) is 7. The minimum atomic E-state index is 0.788. The Hall–Kier alpha value is -1.56. The lowest BCUT2D eigenvalue weighted by Gasteiger charge is -2.29. The Morgan fingerprint density at radius 3 is 1.74 bits per heavy atom. The molecule has 0 heterocycles. The highest BCUT2D eigenvalue weighted by atomic mass is 14.3. The Labute approximate surface area is 192 Å². The molecule has 0 unspecified atom stereocenters. The van der Waals surface area contributed by atoms with Crippen molar-refractivity contribution in [2.24, 2.45) is 5.92 Å². The molecule has 1 aliphatic carbocycles. The van der Waals surface area contributed by atoms with Gasteiger partial charge in [0.25, 0.3) is 0 Å². The lowest BCUT2D eigenvalue weighted by Crippen LogP contribution is -2.13. The zero-order chi connectivity index (χ0) is 21.7. The lowest BCUT2D eigenvalue weighted by atomic mass is 9.77. The van der Waals surface area contributed by atoms with Crippen LogP contribution in [0.15, 0.2) is 48.5 Å². The molecule has 0 heteroatoms. The van der Waals surface area contributed by atoms with E-state index in [1.165, 1.54) is 113 Å². The second-order valence-corrected chi connectivity index (χ2v) is 10.1. The summed E-state index contributed by atoms with van der Waals surface area (Å²) in [6.07, 6.45) is 20.9. The molecule has 0 nitrogen and oxygen atoms in total. The lowest BCUT2D eigenvalue weighted by molar-refractivity contribution is 0.302. The van der Waals surface area contributed by atoms with Crippen LogP contribution in [0.2, 0.25) is 0 Å². The van der Waals surface area contributed by atoms with Crippen LogP contribution in [-0.2, 0) is 6.42 Å². The number of hydrogen-bond acceptors (Lipinski definition) is 0. The van der Waals surface area contributed by atoms with Gasteiger partial charge in [-0.3, -0.25) is 0 Å². The van der Waals surface area contributed by atoms with E-state index in [4.69, 9.17) is 0 Å². The summed E-state index contributed by atoms with van der Waals surface area (Å²) >= 11 is 0. The molecule has 0 atom stereocenters. The summed E-state index contributed by atoms with van der Waals surface area (Å²) in [5, 5.41) is 0. The molecule has 0 aromatic heterocycles. The molecule has 2 aromatic carbocycles. The van der Waals surface area contributed by atoms with Crippen molar-refractivity contribution in [3.05, 3.63) is 59.7 Å². The van der Waals surface area contributed by atoms with E-state index in [-0.39, 0.29) is 0 Å². The molecular weight excluding hydrogens is 372 g/mol. The first-order valence-corrected chi connectivity index (χ1v) is 13.5. The van der Waals surface area contributed by atoms with Gasteiger partial charge in [0.1, 0.15) is 0 Å². The fraction of sp³-hybridized carbons (Fsp3) is 0.613. The SMILES string of the molecule is CCCCCCCC1CCC(c2ccc(-c3ccc(CCCCCC)cc3)cc2)CC1. The van der Waals surface area contributed by atoms with Crippen LogP contribution in [0.25, 0.3) is 11.1 Å². The Morgan fingerprint density at radius 1 is 0.581 bits per heavy atom. The maximum absolute atomic E-state index is 2.41. The topological polar surface area (TPSA) is 0 Å². The van der Waals surface area contributed by atoms with Crippen molar-refractivity contribution in [3.63, 3.8) is 0 Å². The molecule has 0 amide bonds. The molecule has 3 rings (SSSR count). The Morgan fingerprint density at radius 2 is 1.13 bits per heavy atom. The molecule has 0 N–H and O–H groups in total. The van der Waals surface area contributed by atoms with Gasteiger partial charge in [-0.15, -0.1) is 0 Å². The summed E-state index contributed by atoms with van der Waals surface area (Å²) in [6, 6.07) is 18.8. The van der Waals surface area contributed by atoms with Crippen molar-refractivity contribution in [1.29, 1.82) is 0 Å². The van der Waals surface area contributed by atoms with Crippen LogP contribution < -0.4 is 0 Å². The van der Waals surface area contributed by atoms with Crippen LogP contribution >= 0.6 is 0 Å². The van der Waals surface area contributed by atoms with E-state index >= 15 is 0 Å². The Kier molecular flexibility index (Phi) is 10.7. The van der Waals surface area contributed by atoms with Gasteiger partial charge in [0.05, 0.1) is 0 Å². The number of aryl methyl sites for hydroxylation is 1. The van der Waals surface area contributed by atoms with E-state index in [1.54, 1.807) is 5.56 Å². The first-order valence-electron chi connectivity index (χ1n) is 13.5. The first-order chi connectivity index (χ1) is 15.3. The van der Waals surface area contributed by atoms with E-state index in [0.29, 0.717) is 0 Å². The van der Waals surface area contributed by atoms with Crippen LogP contribution in [0.1, 0.15) is 121 Å². The van der Waals surface area contributed by atoms with Gasteiger partial charge < -0.3 is 0 Å². The predicted molar refractivity (Wildman–Crippen MR) is 138 cm³/mol. The average Bonchev–Trinajstić information content (AvgIpc) is 2.83. The van der Waals surface area contributed by atoms with E-state index in [1.807, 2.05) is 0 Å². The van der Waals surface area contributed by atoms with Gasteiger partial charge in [-0.2, -0.15) is 0 Å². The van der Waals surface area contributed by atoms with Gasteiger partial charge >= 0.3 is 0 Å². The van der Waals surface area contributed by atoms with Gasteiger partial charge in [-0.25, -0.2) is 0 Å². The van der Waals surface area contributed by atoms with Gasteiger partial charge in [-0.1, -0.05) is 120 Å². The van der Waals surface area contributed by atoms with Crippen LogP contribution in [-0.4, -0.2) is 0 Å². The highest BCUT2D eigenvalue weighted by Crippen LogP contribution is 2.38. The summed E-state index contributed by atoms with van der Waals surface area (Å²) in [5.74, 6) is 1.79. The van der Waals surface area contributed by atoms with Gasteiger partial charge in [0.15, 0.2) is 0 Å². The molecule has 0 bridgehead atoms. The summed E-state index contributed by atoms with van der Waals surface area (Å²) < 4.78 is 0. The maximum Gasteiger partial charge on any atom is -0.0162 e. The highest BCUT2D eigenvalue weighted by Gasteiger charge is 2.22. The fourth-order valence-electron chi connectivity index (χ4n) is 5.39. The van der Waals surface area contributed by atoms with Crippen molar-refractivity contribution >= 4 is 0 Å². The minimum Gasteiger partial charge on any atom is -0.0654 e. The summed E-state index contributed by atoms with van der Waals surface area (Å²) in [4.78, 5) is 0. The third kappa shape index (κ3) is 8.13. The quantitative estimate of drug-likeness (QED) is 0.284. The van der Waals surface area contributed by atoms with Gasteiger partial charge in [0.2, 0.25) is 0 Å². The monoisotopic (exact) mass is 418 g/mol. The van der Waals surface area contributed by atoms with Crippen LogP contribution in [0.5, 0.6) is 0 Å². The smallest absolute Gasteiger partial charge is 0.0162 e. The zero-order valence-corrected chi connectivity index (χ0v) is 20.4. The second kappa shape index (κ2) is 13.8. The number of rotatable bonds is 13. The predicted octanol–water partition coefficient (Wildman–Crippen LogP) is 10.1. The van der Waals surface area contributed by atoms with Crippen molar-refractivity contribution in [2.75, 3.05) is 0 Å². The first kappa shape index (κ1) is 24.1. The molecule has 0 radical (unpaired) electrons. The van der Waals surface area contributed by atoms with Crippen LogP contribution in [0, 0.1) is 5.92 Å². The van der Waals surface area contributed by atoms with Crippen molar-refractivity contribution < 1.29 is 0 Å². The van der Waals surface area contributed by atoms with E-state index in [2.05, 4.69) is 62.4 Å². The molecule has 0 aliphatic heterocycles. The fourth-order valence-corrected chi connectivity index (χ4v) is 5.39. The Balaban J connectivity index is 1.43. The van der Waals surface area contributed by atoms with Crippen molar-refractivity contribution in [3.8, 4) is 11.1 Å². The maximum atomic E-state index is 2.41. The van der Waals surface area contributed by atoms with E-state index < -0.39 is 0 Å². The molecule has 170 valence electrons. The third-order valence-corrected chi connectivity index (χ3v) is 7.55. The molecule has 0 spiro atoms. The minimum absolute atomic E-state index is 0.788. The standard InChI is InChI=1S/C31H46/c1-3-5-7-9-11-13-27-16-20-29(21-17-27)31-24-22-30(23-25-31)28-18-14-26(15-19-28)12-10-8-6-4-2/h14-15,18-19,22-25,27,29H,3-13,16-17,20-21H2,1-2H3. The van der Waals surface area contributed by atoms with Gasteiger partial charge in [0, 0.05) is 0 Å². The van der Waals surface area contributed by atoms with Crippen LogP contribution in [0.3, 0.4) is 0 Å². The third-order valence-electron chi connectivity index (χ3n) is 7.55. The van der Waals surface area contributed by atoms with Gasteiger partial charge in [-0.05, 0) is 72.6 Å². The normalized spacial score (nSPS) is 18.9. The van der Waals surface area contributed by atoms with E-state index in [0.717, 1.165) is 11.8 Å². The average molecular weight is 419 g/mol. The molecule has 1 fully saturated rings. The number of hydrogen-bond donors (Lipinski definition) is 0. The summed E-state index contributed by atoms with van der Waals surface area (Å²) in [7, 11) is 0. The van der Waals surface area contributed by atoms with Crippen molar-refractivity contribution in [1.82, 2.24) is 0 Å². The molecule has 1 saturated carbocycles.